The van der Waals surface area contributed by atoms with Crippen molar-refractivity contribution < 1.29 is 13.6 Å². The quantitative estimate of drug-likeness (QED) is 0.542. The highest BCUT2D eigenvalue weighted by Gasteiger charge is 2.36. The number of allylic oxidation sites excluding steroid dienone is 2. The first-order chi connectivity index (χ1) is 14.9. The molecule has 0 radical (unpaired) electrons. The van der Waals surface area contributed by atoms with Crippen LogP contribution in [-0.4, -0.2) is 23.5 Å². The van der Waals surface area contributed by atoms with Gasteiger partial charge in [-0.3, -0.25) is 0 Å². The number of urea groups is 1. The van der Waals surface area contributed by atoms with Gasteiger partial charge in [-0.2, -0.15) is 0 Å². The summed E-state index contributed by atoms with van der Waals surface area (Å²) in [5, 5.41) is 3.44. The van der Waals surface area contributed by atoms with Gasteiger partial charge in [-0.15, -0.1) is 0 Å². The number of amides is 2. The molecule has 2 unspecified atom stereocenters. The van der Waals surface area contributed by atoms with Crippen molar-refractivity contribution in [2.24, 2.45) is 5.92 Å². The monoisotopic (exact) mass is 442 g/mol. The number of anilines is 1. The standard InChI is InChI=1S/C25H25ClF2N2O/c1-3-16-9-15(2)24(21(26)12-16)18-5-4-6-20-11-17(10-18)14-30(20)25(31)29-19-7-8-22(27)23(28)13-19/h3,5,7-9,12-13,17,20H,1,4,6,10-11,14H2,2H3,(H,29,31)/b18-5+. The number of nitrogens with zero attached hydrogens (tertiary/aromatic N) is 1. The number of carbonyl (C=O) groups is 1. The lowest BCUT2D eigenvalue weighted by molar-refractivity contribution is 0.203. The predicted octanol–water partition coefficient (Wildman–Crippen LogP) is 7.06. The maximum Gasteiger partial charge on any atom is 0.322 e. The van der Waals surface area contributed by atoms with Crippen LogP contribution in [0.25, 0.3) is 11.6 Å². The molecule has 0 aromatic heterocycles. The highest BCUT2D eigenvalue weighted by atomic mass is 35.5. The van der Waals surface area contributed by atoms with Gasteiger partial charge >= 0.3 is 6.03 Å². The smallest absolute Gasteiger partial charge is 0.321 e. The van der Waals surface area contributed by atoms with Gasteiger partial charge in [0.25, 0.3) is 0 Å². The van der Waals surface area contributed by atoms with Crippen LogP contribution >= 0.6 is 11.6 Å². The molecule has 31 heavy (non-hydrogen) atoms. The van der Waals surface area contributed by atoms with Gasteiger partial charge in [0.05, 0.1) is 0 Å². The summed E-state index contributed by atoms with van der Waals surface area (Å²) in [4.78, 5) is 14.7. The van der Waals surface area contributed by atoms with Crippen molar-refractivity contribution in [1.82, 2.24) is 4.90 Å². The van der Waals surface area contributed by atoms with Gasteiger partial charge in [0, 0.05) is 29.4 Å². The normalized spacial score (nSPS) is 22.3. The van der Waals surface area contributed by atoms with E-state index in [-0.39, 0.29) is 17.8 Å². The summed E-state index contributed by atoms with van der Waals surface area (Å²) in [7, 11) is 0. The van der Waals surface area contributed by atoms with Crippen LogP contribution in [0.5, 0.6) is 0 Å². The van der Waals surface area contributed by atoms with E-state index in [0.29, 0.717) is 12.5 Å². The minimum atomic E-state index is -0.977. The SMILES string of the molecule is C=Cc1cc(C)c(/C2=C/CCC3CC(C2)CN3C(=O)Nc2ccc(F)c(F)c2)c(Cl)c1. The van der Waals surface area contributed by atoms with Crippen molar-refractivity contribution in [1.29, 1.82) is 0 Å². The van der Waals surface area contributed by atoms with E-state index >= 15 is 0 Å². The number of nitrogens with one attached hydrogen (secondary N) is 1. The number of hydrogen-bond donors (Lipinski definition) is 1. The molecule has 2 aromatic carbocycles. The molecule has 6 heteroatoms. The largest absolute Gasteiger partial charge is 0.322 e. The second kappa shape index (κ2) is 8.83. The molecular formula is C25H25ClF2N2O. The third-order valence-electron chi connectivity index (χ3n) is 6.20. The number of fused-ring (bicyclic) bond motifs is 2. The van der Waals surface area contributed by atoms with Crippen molar-refractivity contribution in [3.05, 3.63) is 76.3 Å². The Bertz CT molecular complexity index is 1040. The Morgan fingerprint density at radius 3 is 2.77 bits per heavy atom. The number of halogens is 3. The van der Waals surface area contributed by atoms with Gasteiger partial charge in [0.1, 0.15) is 0 Å². The highest BCUT2D eigenvalue weighted by Crippen LogP contribution is 2.40. The second-order valence-corrected chi connectivity index (χ2v) is 8.78. The molecule has 2 bridgehead atoms. The summed E-state index contributed by atoms with van der Waals surface area (Å²) in [5.41, 5.74) is 4.68. The molecule has 2 aliphatic rings. The fraction of sp³-hybridized carbons (Fsp3) is 0.320. The summed E-state index contributed by atoms with van der Waals surface area (Å²) in [6.07, 6.45) is 7.51. The first-order valence-corrected chi connectivity index (χ1v) is 10.9. The molecule has 1 fully saturated rings. The molecule has 1 aliphatic carbocycles. The maximum absolute atomic E-state index is 13.5. The van der Waals surface area contributed by atoms with E-state index in [9.17, 15) is 13.6 Å². The van der Waals surface area contributed by atoms with Crippen molar-refractivity contribution in [3.8, 4) is 0 Å². The summed E-state index contributed by atoms with van der Waals surface area (Å²) < 4.78 is 26.6. The van der Waals surface area contributed by atoms with E-state index in [4.69, 9.17) is 11.6 Å². The van der Waals surface area contributed by atoms with Gasteiger partial charge in [0.2, 0.25) is 0 Å². The Balaban J connectivity index is 1.50. The molecule has 2 atom stereocenters. The van der Waals surface area contributed by atoms with Gasteiger partial charge < -0.3 is 10.2 Å². The van der Waals surface area contributed by atoms with Crippen LogP contribution in [-0.2, 0) is 0 Å². The molecule has 0 spiro atoms. The van der Waals surface area contributed by atoms with Gasteiger partial charge in [-0.1, -0.05) is 36.4 Å². The molecule has 3 nitrogen and oxygen atoms in total. The fourth-order valence-electron chi connectivity index (χ4n) is 4.80. The molecule has 2 amide bonds. The van der Waals surface area contributed by atoms with Crippen LogP contribution in [0.3, 0.4) is 0 Å². The zero-order chi connectivity index (χ0) is 22.1. The first-order valence-electron chi connectivity index (χ1n) is 10.5. The Labute approximate surface area is 186 Å². The molecule has 0 saturated carbocycles. The second-order valence-electron chi connectivity index (χ2n) is 8.38. The van der Waals surface area contributed by atoms with Crippen molar-refractivity contribution in [3.63, 3.8) is 0 Å². The lowest BCUT2D eigenvalue weighted by Crippen LogP contribution is -2.38. The van der Waals surface area contributed by atoms with Crippen LogP contribution < -0.4 is 5.32 Å². The molecule has 4 rings (SSSR count). The number of carbonyl (C=O) groups excluding carboxylic acids is 1. The third kappa shape index (κ3) is 4.52. The Morgan fingerprint density at radius 1 is 1.26 bits per heavy atom. The van der Waals surface area contributed by atoms with E-state index in [1.165, 1.54) is 11.6 Å². The van der Waals surface area contributed by atoms with Crippen molar-refractivity contribution in [2.45, 2.75) is 38.6 Å². The molecular weight excluding hydrogens is 418 g/mol. The molecule has 1 saturated heterocycles. The Kier molecular flexibility index (Phi) is 6.15. The summed E-state index contributed by atoms with van der Waals surface area (Å²) >= 11 is 6.61. The highest BCUT2D eigenvalue weighted by molar-refractivity contribution is 6.32. The van der Waals surface area contributed by atoms with Gasteiger partial charge in [-0.25, -0.2) is 13.6 Å². The number of benzene rings is 2. The number of aryl methyl sites for hydroxylation is 1. The number of rotatable bonds is 3. The van der Waals surface area contributed by atoms with Gasteiger partial charge in [-0.05, 0) is 79.0 Å². The topological polar surface area (TPSA) is 32.3 Å². The van der Waals surface area contributed by atoms with Crippen LogP contribution in [0.4, 0.5) is 19.3 Å². The lowest BCUT2D eigenvalue weighted by Gasteiger charge is -2.24. The first kappa shape index (κ1) is 21.6. The average Bonchev–Trinajstić information content (AvgIpc) is 3.14. The fourth-order valence-corrected chi connectivity index (χ4v) is 5.19. The summed E-state index contributed by atoms with van der Waals surface area (Å²) in [5.74, 6) is -1.59. The zero-order valence-corrected chi connectivity index (χ0v) is 18.2. The Morgan fingerprint density at radius 2 is 2.06 bits per heavy atom. The van der Waals surface area contributed by atoms with E-state index in [1.54, 1.807) is 6.08 Å². The van der Waals surface area contributed by atoms with Crippen LogP contribution in [0.2, 0.25) is 5.02 Å². The minimum absolute atomic E-state index is 0.132. The van der Waals surface area contributed by atoms with Crippen LogP contribution in [0.1, 0.15) is 42.4 Å². The van der Waals surface area contributed by atoms with Crippen molar-refractivity contribution in [2.75, 3.05) is 11.9 Å². The summed E-state index contributed by atoms with van der Waals surface area (Å²) in [6.45, 7) is 6.51. The molecule has 1 aliphatic heterocycles. The molecule has 1 N–H and O–H groups in total. The number of hydrogen-bond acceptors (Lipinski definition) is 1. The predicted molar refractivity (Wildman–Crippen MR) is 122 cm³/mol. The van der Waals surface area contributed by atoms with Crippen molar-refractivity contribution >= 4 is 35.0 Å². The van der Waals surface area contributed by atoms with Crippen LogP contribution in [0, 0.1) is 24.5 Å². The van der Waals surface area contributed by atoms with Crippen LogP contribution in [0.15, 0.2) is 43.0 Å². The average molecular weight is 443 g/mol. The molecule has 1 heterocycles. The van der Waals surface area contributed by atoms with E-state index in [2.05, 4.69) is 31.0 Å². The maximum atomic E-state index is 13.5. The summed E-state index contributed by atoms with van der Waals surface area (Å²) in [6, 6.07) is 7.28. The zero-order valence-electron chi connectivity index (χ0n) is 17.4. The lowest BCUT2D eigenvalue weighted by atomic mass is 9.86. The molecule has 162 valence electrons. The van der Waals surface area contributed by atoms with E-state index in [1.807, 2.05) is 11.0 Å². The van der Waals surface area contributed by atoms with E-state index in [0.717, 1.165) is 59.5 Å². The Hall–Kier alpha value is -2.66. The third-order valence-corrected chi connectivity index (χ3v) is 6.50. The molecule has 2 aromatic rings. The number of likely N-dealkylation sites (tertiary alicyclic amines) is 1. The van der Waals surface area contributed by atoms with Gasteiger partial charge in [0.15, 0.2) is 11.6 Å². The minimum Gasteiger partial charge on any atom is -0.321 e. The van der Waals surface area contributed by atoms with E-state index < -0.39 is 11.6 Å².